The van der Waals surface area contributed by atoms with E-state index in [1.807, 2.05) is 6.92 Å². The van der Waals surface area contributed by atoms with E-state index in [9.17, 15) is 0 Å². The summed E-state index contributed by atoms with van der Waals surface area (Å²) in [6.07, 6.45) is 5.34. The van der Waals surface area contributed by atoms with E-state index < -0.39 is 0 Å². The molecule has 0 unspecified atom stereocenters. The first-order chi connectivity index (χ1) is 2.41. The third kappa shape index (κ3) is 9.03. The summed E-state index contributed by atoms with van der Waals surface area (Å²) in [5.74, 6) is 0. The van der Waals surface area contributed by atoms with Gasteiger partial charge in [-0.25, -0.2) is 0 Å². The molecule has 0 aromatic heterocycles. The van der Waals surface area contributed by atoms with Gasteiger partial charge in [0.25, 0.3) is 0 Å². The number of allylic oxidation sites excluding steroid dienone is 2. The van der Waals surface area contributed by atoms with Gasteiger partial charge >= 0.3 is 0 Å². The molecule has 0 aliphatic heterocycles. The van der Waals surface area contributed by atoms with E-state index in [1.54, 1.807) is 0 Å². The van der Waals surface area contributed by atoms with Gasteiger partial charge in [0, 0.05) is 51.4 Å². The molecule has 0 heterocycles. The van der Waals surface area contributed by atoms with E-state index in [1.165, 1.54) is 0 Å². The maximum absolute atomic E-state index is 2.12. The minimum Gasteiger partial charge on any atom is -0.0917 e. The molecule has 0 saturated carbocycles. The van der Waals surface area contributed by atoms with Crippen LogP contribution in [0, 0.1) is 0 Å². The fourth-order valence-corrected chi connectivity index (χ4v) is 0.236. The van der Waals surface area contributed by atoms with Crippen molar-refractivity contribution in [1.82, 2.24) is 0 Å². The number of hydrogen-bond donors (Lipinski definition) is 0. The van der Waals surface area contributed by atoms with Crippen molar-refractivity contribution in [3.63, 3.8) is 0 Å². The molecule has 1 heteroatoms. The molecule has 0 atom stereocenters. The summed E-state index contributed by atoms with van der Waals surface area (Å²) in [6.45, 7) is 4.16. The summed E-state index contributed by atoms with van der Waals surface area (Å²) >= 11 is 0. The Morgan fingerprint density at radius 1 is 1.50 bits per heavy atom. The Labute approximate surface area is 82.4 Å². The molecule has 0 nitrogen and oxygen atoms in total. The predicted molar refractivity (Wildman–Crippen MR) is 30.9 cm³/mol. The van der Waals surface area contributed by atoms with Crippen molar-refractivity contribution >= 4 is 51.4 Å². The van der Waals surface area contributed by atoms with E-state index >= 15 is 0 Å². The molecule has 0 aromatic carbocycles. The molecule has 6 heavy (non-hydrogen) atoms. The van der Waals surface area contributed by atoms with Crippen LogP contribution < -0.4 is 0 Å². The Kier molecular flexibility index (Phi) is 16.6. The zero-order valence-corrected chi connectivity index (χ0v) is 7.98. The van der Waals surface area contributed by atoms with E-state index in [-0.39, 0.29) is 51.4 Å². The first kappa shape index (κ1) is 10.4. The molecule has 0 fully saturated rings. The molecule has 0 aliphatic carbocycles. The van der Waals surface area contributed by atoms with Crippen molar-refractivity contribution in [3.8, 4) is 0 Å². The Bertz CT molecular complexity index is 30.9. The molecular weight excluding hydrogens is 99.2 g/mol. The van der Waals surface area contributed by atoms with Crippen LogP contribution >= 0.6 is 0 Å². The summed E-state index contributed by atoms with van der Waals surface area (Å²) < 4.78 is 0. The van der Waals surface area contributed by atoms with Gasteiger partial charge in [0.15, 0.2) is 0 Å². The maximum Gasteiger partial charge on any atom is 0 e. The fourth-order valence-electron chi connectivity index (χ4n) is 0.236. The third-order valence-electron chi connectivity index (χ3n) is 0.471. The van der Waals surface area contributed by atoms with E-state index in [0.29, 0.717) is 0 Å². The van der Waals surface area contributed by atoms with Gasteiger partial charge < -0.3 is 0 Å². The summed E-state index contributed by atoms with van der Waals surface area (Å²) in [6, 6.07) is 0. The first-order valence-corrected chi connectivity index (χ1v) is 2.03. The van der Waals surface area contributed by atoms with Crippen molar-refractivity contribution < 1.29 is 0 Å². The van der Waals surface area contributed by atoms with Crippen molar-refractivity contribution in [2.45, 2.75) is 20.3 Å². The molecule has 0 bridgehead atoms. The van der Waals surface area contributed by atoms with Gasteiger partial charge in [-0.2, -0.15) is 0 Å². The van der Waals surface area contributed by atoms with Gasteiger partial charge in [-0.15, -0.1) is 0 Å². The maximum atomic E-state index is 2.12. The van der Waals surface area contributed by atoms with Crippen LogP contribution in [0.25, 0.3) is 0 Å². The minimum absolute atomic E-state index is 0. The molecule has 0 amide bonds. The fraction of sp³-hybridized carbons (Fsp3) is 0.600. The molecule has 0 aromatic rings. The van der Waals surface area contributed by atoms with Gasteiger partial charge in [-0.3, -0.25) is 0 Å². The average molecular weight is 109 g/mol. The predicted octanol–water partition coefficient (Wildman–Crippen LogP) is 1.59. The van der Waals surface area contributed by atoms with Crippen LogP contribution in [0.3, 0.4) is 0 Å². The second kappa shape index (κ2) is 9.62. The molecule has 1 radical (unpaired) electrons. The summed E-state index contributed by atoms with van der Waals surface area (Å²) in [4.78, 5) is 0. The molecule has 0 N–H and O–H groups in total. The van der Waals surface area contributed by atoms with Crippen LogP contribution in [0.2, 0.25) is 0 Å². The van der Waals surface area contributed by atoms with E-state index in [4.69, 9.17) is 0 Å². The topological polar surface area (TPSA) is 0 Å². The molecular formula is C5H10K. The van der Waals surface area contributed by atoms with Crippen LogP contribution in [0.1, 0.15) is 20.3 Å². The van der Waals surface area contributed by atoms with Crippen LogP contribution in [0.15, 0.2) is 12.2 Å². The molecule has 0 spiro atoms. The first-order valence-electron chi connectivity index (χ1n) is 2.03. The summed E-state index contributed by atoms with van der Waals surface area (Å²) in [5, 5.41) is 0. The van der Waals surface area contributed by atoms with E-state index in [2.05, 4.69) is 19.1 Å². The minimum atomic E-state index is 0. The summed E-state index contributed by atoms with van der Waals surface area (Å²) in [5.41, 5.74) is 0. The van der Waals surface area contributed by atoms with Crippen LogP contribution in [-0.4, -0.2) is 51.4 Å². The average Bonchev–Trinajstić information content (AvgIpc) is 1.41. The largest absolute Gasteiger partial charge is 0.0917 e. The SMILES string of the molecule is CC=CCC.[K]. The zero-order chi connectivity index (χ0) is 4.12. The van der Waals surface area contributed by atoms with Crippen molar-refractivity contribution in [2.24, 2.45) is 0 Å². The molecule has 31 valence electrons. The van der Waals surface area contributed by atoms with Gasteiger partial charge in [-0.1, -0.05) is 19.1 Å². The Balaban J connectivity index is 0. The van der Waals surface area contributed by atoms with Gasteiger partial charge in [0.05, 0.1) is 0 Å². The summed E-state index contributed by atoms with van der Waals surface area (Å²) in [7, 11) is 0. The van der Waals surface area contributed by atoms with Gasteiger partial charge in [0.2, 0.25) is 0 Å². The van der Waals surface area contributed by atoms with Crippen LogP contribution in [0.4, 0.5) is 0 Å². The smallest absolute Gasteiger partial charge is 0 e. The number of rotatable bonds is 1. The van der Waals surface area contributed by atoms with Crippen LogP contribution in [0.5, 0.6) is 0 Å². The van der Waals surface area contributed by atoms with Crippen molar-refractivity contribution in [3.05, 3.63) is 12.2 Å². The van der Waals surface area contributed by atoms with Gasteiger partial charge in [0.1, 0.15) is 0 Å². The van der Waals surface area contributed by atoms with Crippen LogP contribution in [-0.2, 0) is 0 Å². The second-order valence-electron chi connectivity index (χ2n) is 0.977. The third-order valence-corrected chi connectivity index (χ3v) is 0.471. The molecule has 0 saturated heterocycles. The molecule has 0 rings (SSSR count). The van der Waals surface area contributed by atoms with Gasteiger partial charge in [-0.05, 0) is 13.3 Å². The zero-order valence-electron chi connectivity index (χ0n) is 4.86. The van der Waals surface area contributed by atoms with E-state index in [0.717, 1.165) is 6.42 Å². The Morgan fingerprint density at radius 2 is 2.00 bits per heavy atom. The number of hydrogen-bond acceptors (Lipinski definition) is 0. The Morgan fingerprint density at radius 3 is 2.00 bits per heavy atom. The normalized spacial score (nSPS) is 8.33. The Hall–Kier alpha value is 1.38. The molecule has 0 aliphatic rings. The standard InChI is InChI=1S/C5H10.K/c1-3-5-4-2;/h3,5H,4H2,1-2H3;. The monoisotopic (exact) mass is 109 g/mol. The quantitative estimate of drug-likeness (QED) is 0.354. The second-order valence-corrected chi connectivity index (χ2v) is 0.977. The van der Waals surface area contributed by atoms with Crippen molar-refractivity contribution in [2.75, 3.05) is 0 Å². The van der Waals surface area contributed by atoms with Crippen molar-refractivity contribution in [1.29, 1.82) is 0 Å².